The molecule has 1 aliphatic heterocycles. The normalized spacial score (nSPS) is 22.2. The molecule has 1 amide bonds. The van der Waals surface area contributed by atoms with Crippen LogP contribution in [0.4, 0.5) is 0 Å². The molecule has 0 aromatic rings. The molecule has 2 atom stereocenters. The average molecular weight is 245 g/mol. The van der Waals surface area contributed by atoms with Crippen LogP contribution >= 0.6 is 0 Å². The molecule has 1 fully saturated rings. The number of carboxylic acid groups (broad SMARTS) is 1. The van der Waals surface area contributed by atoms with Gasteiger partial charge in [0, 0.05) is 20.2 Å². The number of methoxy groups -OCH3 is 1. The van der Waals surface area contributed by atoms with Gasteiger partial charge in [0.25, 0.3) is 5.91 Å². The summed E-state index contributed by atoms with van der Waals surface area (Å²) in [5, 5.41) is 8.68. The van der Waals surface area contributed by atoms with Gasteiger partial charge in [0.1, 0.15) is 6.10 Å². The Bertz CT molecular complexity index is 277. The summed E-state index contributed by atoms with van der Waals surface area (Å²) in [6.45, 7) is 3.07. The lowest BCUT2D eigenvalue weighted by Crippen LogP contribution is -2.49. The number of carboxylic acids is 1. The Labute approximate surface area is 100 Å². The van der Waals surface area contributed by atoms with Crippen LogP contribution in [0.3, 0.4) is 0 Å². The van der Waals surface area contributed by atoms with Crippen molar-refractivity contribution >= 4 is 11.9 Å². The first-order chi connectivity index (χ1) is 8.08. The fraction of sp³-hybridized carbons (Fsp3) is 0.818. The van der Waals surface area contributed by atoms with Crippen LogP contribution in [0.1, 0.15) is 19.8 Å². The van der Waals surface area contributed by atoms with Crippen molar-refractivity contribution in [2.75, 3.05) is 26.8 Å². The third kappa shape index (κ3) is 3.98. The van der Waals surface area contributed by atoms with E-state index >= 15 is 0 Å². The molecular formula is C11H19NO5. The fourth-order valence-corrected chi connectivity index (χ4v) is 1.88. The second kappa shape index (κ2) is 6.56. The Kier molecular flexibility index (Phi) is 5.37. The van der Waals surface area contributed by atoms with Crippen LogP contribution in [0.2, 0.25) is 0 Å². The zero-order valence-corrected chi connectivity index (χ0v) is 10.2. The van der Waals surface area contributed by atoms with Gasteiger partial charge in [-0.15, -0.1) is 0 Å². The lowest BCUT2D eigenvalue weighted by Gasteiger charge is -2.34. The van der Waals surface area contributed by atoms with Gasteiger partial charge in [-0.25, -0.2) is 0 Å². The van der Waals surface area contributed by atoms with Crippen LogP contribution in [0.25, 0.3) is 0 Å². The summed E-state index contributed by atoms with van der Waals surface area (Å²) in [4.78, 5) is 24.2. The molecule has 1 aliphatic rings. The molecule has 0 aromatic heterocycles. The van der Waals surface area contributed by atoms with Gasteiger partial charge in [0.15, 0.2) is 0 Å². The Morgan fingerprint density at radius 1 is 1.59 bits per heavy atom. The first kappa shape index (κ1) is 13.9. The molecule has 6 heteroatoms. The predicted octanol–water partition coefficient (Wildman–Crippen LogP) is 0.114. The van der Waals surface area contributed by atoms with Crippen molar-refractivity contribution in [1.82, 2.24) is 4.90 Å². The quantitative estimate of drug-likeness (QED) is 0.744. The maximum atomic E-state index is 12.0. The molecule has 17 heavy (non-hydrogen) atoms. The van der Waals surface area contributed by atoms with E-state index in [1.165, 1.54) is 7.11 Å². The monoisotopic (exact) mass is 245 g/mol. The van der Waals surface area contributed by atoms with E-state index in [2.05, 4.69) is 0 Å². The molecule has 1 heterocycles. The summed E-state index contributed by atoms with van der Waals surface area (Å²) in [5.41, 5.74) is 0. The van der Waals surface area contributed by atoms with E-state index in [0.717, 1.165) is 0 Å². The SMILES string of the molecule is CCC(OC)C(=O)N1CCOC(CC(=O)O)C1. The van der Waals surface area contributed by atoms with Gasteiger partial charge in [-0.1, -0.05) is 6.92 Å². The standard InChI is InChI=1S/C11H19NO5/c1-3-9(16-2)11(15)12-4-5-17-8(7-12)6-10(13)14/h8-9H,3-7H2,1-2H3,(H,13,14). The molecule has 6 nitrogen and oxygen atoms in total. The Morgan fingerprint density at radius 3 is 2.82 bits per heavy atom. The third-order valence-electron chi connectivity index (χ3n) is 2.78. The van der Waals surface area contributed by atoms with Crippen LogP contribution < -0.4 is 0 Å². The molecule has 2 unspecified atom stereocenters. The fourth-order valence-electron chi connectivity index (χ4n) is 1.88. The molecule has 0 radical (unpaired) electrons. The number of hydrogen-bond donors (Lipinski definition) is 1. The number of nitrogens with zero attached hydrogens (tertiary/aromatic N) is 1. The van der Waals surface area contributed by atoms with Crippen LogP contribution in [-0.2, 0) is 19.1 Å². The largest absolute Gasteiger partial charge is 0.481 e. The molecular weight excluding hydrogens is 226 g/mol. The molecule has 98 valence electrons. The van der Waals surface area contributed by atoms with E-state index in [1.807, 2.05) is 6.92 Å². The van der Waals surface area contributed by atoms with E-state index < -0.39 is 18.2 Å². The topological polar surface area (TPSA) is 76.1 Å². The van der Waals surface area contributed by atoms with Gasteiger partial charge in [-0.05, 0) is 6.42 Å². The maximum absolute atomic E-state index is 12.0. The number of amides is 1. The molecule has 0 aliphatic carbocycles. The van der Waals surface area contributed by atoms with Crippen molar-refractivity contribution in [3.63, 3.8) is 0 Å². The van der Waals surface area contributed by atoms with Crippen LogP contribution in [0, 0.1) is 0 Å². The van der Waals surface area contributed by atoms with Gasteiger partial charge in [0.2, 0.25) is 0 Å². The molecule has 1 saturated heterocycles. The first-order valence-electron chi connectivity index (χ1n) is 5.73. The summed E-state index contributed by atoms with van der Waals surface area (Å²) in [7, 11) is 1.50. The van der Waals surface area contributed by atoms with E-state index in [9.17, 15) is 9.59 Å². The Balaban J connectivity index is 2.53. The first-order valence-corrected chi connectivity index (χ1v) is 5.73. The summed E-state index contributed by atoms with van der Waals surface area (Å²) < 4.78 is 10.4. The second-order valence-corrected chi connectivity index (χ2v) is 4.01. The van der Waals surface area contributed by atoms with Crippen LogP contribution in [0.15, 0.2) is 0 Å². The zero-order valence-electron chi connectivity index (χ0n) is 10.2. The number of hydrogen-bond acceptors (Lipinski definition) is 4. The minimum Gasteiger partial charge on any atom is -0.481 e. The van der Waals surface area contributed by atoms with Gasteiger partial charge < -0.3 is 19.5 Å². The van der Waals surface area contributed by atoms with Crippen molar-refractivity contribution < 1.29 is 24.2 Å². The minimum absolute atomic E-state index is 0.0758. The molecule has 0 spiro atoms. The van der Waals surface area contributed by atoms with Crippen molar-refractivity contribution in [2.24, 2.45) is 0 Å². The predicted molar refractivity (Wildman–Crippen MR) is 59.7 cm³/mol. The van der Waals surface area contributed by atoms with E-state index in [1.54, 1.807) is 4.90 Å². The highest BCUT2D eigenvalue weighted by molar-refractivity contribution is 5.81. The number of carbonyl (C=O) groups excluding carboxylic acids is 1. The van der Waals surface area contributed by atoms with Crippen LogP contribution in [0.5, 0.6) is 0 Å². The van der Waals surface area contributed by atoms with E-state index in [-0.39, 0.29) is 12.3 Å². The van der Waals surface area contributed by atoms with E-state index in [0.29, 0.717) is 26.1 Å². The summed E-state index contributed by atoms with van der Waals surface area (Å²) >= 11 is 0. The van der Waals surface area contributed by atoms with Gasteiger partial charge in [-0.3, -0.25) is 9.59 Å². The van der Waals surface area contributed by atoms with Gasteiger partial charge in [-0.2, -0.15) is 0 Å². The highest BCUT2D eigenvalue weighted by atomic mass is 16.5. The minimum atomic E-state index is -0.914. The van der Waals surface area contributed by atoms with Crippen molar-refractivity contribution in [3.05, 3.63) is 0 Å². The van der Waals surface area contributed by atoms with Crippen LogP contribution in [-0.4, -0.2) is 60.9 Å². The number of carbonyl (C=O) groups is 2. The zero-order chi connectivity index (χ0) is 12.8. The molecule has 1 N–H and O–H groups in total. The van der Waals surface area contributed by atoms with E-state index in [4.69, 9.17) is 14.6 Å². The highest BCUT2D eigenvalue weighted by Crippen LogP contribution is 2.12. The van der Waals surface area contributed by atoms with Gasteiger partial charge >= 0.3 is 5.97 Å². The third-order valence-corrected chi connectivity index (χ3v) is 2.78. The van der Waals surface area contributed by atoms with Gasteiger partial charge in [0.05, 0.1) is 19.1 Å². The summed E-state index contributed by atoms with van der Waals surface area (Å²) in [5.74, 6) is -1.00. The lowest BCUT2D eigenvalue weighted by atomic mass is 10.1. The number of aliphatic carboxylic acids is 1. The Hall–Kier alpha value is -1.14. The summed E-state index contributed by atoms with van der Waals surface area (Å²) in [6, 6.07) is 0. The second-order valence-electron chi connectivity index (χ2n) is 4.01. The number of morpholine rings is 1. The maximum Gasteiger partial charge on any atom is 0.306 e. The Morgan fingerprint density at radius 2 is 2.29 bits per heavy atom. The molecule has 0 aromatic carbocycles. The number of ether oxygens (including phenoxy) is 2. The molecule has 1 rings (SSSR count). The lowest BCUT2D eigenvalue weighted by molar-refractivity contribution is -0.153. The average Bonchev–Trinajstić information content (AvgIpc) is 2.30. The highest BCUT2D eigenvalue weighted by Gasteiger charge is 2.29. The molecule has 0 bridgehead atoms. The van der Waals surface area contributed by atoms with Crippen molar-refractivity contribution in [2.45, 2.75) is 32.0 Å². The number of rotatable bonds is 5. The summed E-state index contributed by atoms with van der Waals surface area (Å²) in [6.07, 6.45) is -0.331. The van der Waals surface area contributed by atoms with Crippen molar-refractivity contribution in [1.29, 1.82) is 0 Å². The van der Waals surface area contributed by atoms with Crippen molar-refractivity contribution in [3.8, 4) is 0 Å². The smallest absolute Gasteiger partial charge is 0.306 e. The molecule has 0 saturated carbocycles.